The number of nitrogens with zero attached hydrogens (tertiary/aromatic N) is 1. The average Bonchev–Trinajstić information content (AvgIpc) is 2.58. The van der Waals surface area contributed by atoms with Crippen LogP contribution in [0, 0.1) is 11.3 Å². The summed E-state index contributed by atoms with van der Waals surface area (Å²) >= 11 is 0. The molecule has 126 valence electrons. The third-order valence-corrected chi connectivity index (χ3v) is 5.06. The monoisotopic (exact) mass is 296 g/mol. The van der Waals surface area contributed by atoms with E-state index < -0.39 is 0 Å². The predicted molar refractivity (Wildman–Crippen MR) is 94.8 cm³/mol. The Kier molecular flexibility index (Phi) is 7.19. The van der Waals surface area contributed by atoms with Crippen molar-refractivity contribution in [2.24, 2.45) is 11.3 Å². The number of rotatable bonds is 5. The zero-order valence-electron chi connectivity index (χ0n) is 15.8. The third-order valence-electron chi connectivity index (χ3n) is 5.06. The smallest absolute Gasteiger partial charge is 0.00965 e. The minimum absolute atomic E-state index is 0.256. The van der Waals surface area contributed by atoms with Gasteiger partial charge in [-0.05, 0) is 90.8 Å². The molecule has 2 heteroatoms. The first-order valence-electron chi connectivity index (χ1n) is 9.08. The minimum atomic E-state index is 0.256. The van der Waals surface area contributed by atoms with Gasteiger partial charge in [0.1, 0.15) is 0 Å². The van der Waals surface area contributed by atoms with Gasteiger partial charge < -0.3 is 10.2 Å². The summed E-state index contributed by atoms with van der Waals surface area (Å²) in [6, 6.07) is 0.741. The fourth-order valence-electron chi connectivity index (χ4n) is 3.47. The van der Waals surface area contributed by atoms with Crippen LogP contribution in [0.15, 0.2) is 0 Å². The van der Waals surface area contributed by atoms with E-state index in [1.807, 2.05) is 0 Å². The van der Waals surface area contributed by atoms with E-state index >= 15 is 0 Å². The molecule has 2 atom stereocenters. The van der Waals surface area contributed by atoms with Gasteiger partial charge in [-0.25, -0.2) is 0 Å². The van der Waals surface area contributed by atoms with Crippen molar-refractivity contribution in [3.8, 4) is 0 Å². The van der Waals surface area contributed by atoms with Crippen LogP contribution in [0.2, 0.25) is 0 Å². The first-order valence-corrected chi connectivity index (χ1v) is 9.08. The maximum absolute atomic E-state index is 3.60. The topological polar surface area (TPSA) is 15.3 Å². The Bertz CT molecular complexity index is 285. The zero-order valence-corrected chi connectivity index (χ0v) is 15.8. The molecule has 0 aromatic heterocycles. The molecule has 0 saturated carbocycles. The van der Waals surface area contributed by atoms with Crippen LogP contribution in [0.25, 0.3) is 0 Å². The molecular formula is C19H40N2. The van der Waals surface area contributed by atoms with Gasteiger partial charge >= 0.3 is 0 Å². The highest BCUT2D eigenvalue weighted by molar-refractivity contribution is 4.81. The molecule has 1 aliphatic rings. The molecule has 0 aliphatic carbocycles. The summed E-state index contributed by atoms with van der Waals surface area (Å²) in [5, 5.41) is 3.60. The van der Waals surface area contributed by atoms with Crippen molar-refractivity contribution in [3.63, 3.8) is 0 Å². The Hall–Kier alpha value is -0.0800. The Morgan fingerprint density at radius 1 is 1.05 bits per heavy atom. The lowest BCUT2D eigenvalue weighted by Gasteiger charge is -2.31. The Morgan fingerprint density at radius 3 is 2.29 bits per heavy atom. The highest BCUT2D eigenvalue weighted by Crippen LogP contribution is 2.34. The van der Waals surface area contributed by atoms with E-state index in [4.69, 9.17) is 0 Å². The standard InChI is InChI=1S/C19H40N2/c1-16(10-8-13-20-19(5,6)7)21-14-9-11-17(12-15-21)18(2,3)4/h16-17,20H,8-15H2,1-7H3. The highest BCUT2D eigenvalue weighted by atomic mass is 15.1. The van der Waals surface area contributed by atoms with E-state index in [1.54, 1.807) is 0 Å². The molecular weight excluding hydrogens is 256 g/mol. The van der Waals surface area contributed by atoms with E-state index in [1.165, 1.54) is 45.2 Å². The van der Waals surface area contributed by atoms with Gasteiger partial charge in [-0.2, -0.15) is 0 Å². The first-order chi connectivity index (χ1) is 9.59. The number of hydrogen-bond donors (Lipinski definition) is 1. The molecule has 0 bridgehead atoms. The first kappa shape index (κ1) is 19.0. The van der Waals surface area contributed by atoms with Crippen LogP contribution in [-0.4, -0.2) is 36.1 Å². The Labute approximate surface area is 134 Å². The van der Waals surface area contributed by atoms with E-state index in [0.717, 1.165) is 18.5 Å². The molecule has 1 saturated heterocycles. The van der Waals surface area contributed by atoms with Crippen LogP contribution in [-0.2, 0) is 0 Å². The van der Waals surface area contributed by atoms with Crippen LogP contribution in [0.3, 0.4) is 0 Å². The lowest BCUT2D eigenvalue weighted by Crippen LogP contribution is -2.38. The van der Waals surface area contributed by atoms with Gasteiger partial charge in [-0.1, -0.05) is 20.8 Å². The molecule has 0 amide bonds. The maximum Gasteiger partial charge on any atom is 0.00965 e. The molecule has 1 aliphatic heterocycles. The SMILES string of the molecule is CC(CCCNC(C)(C)C)N1CCCC(C(C)(C)C)CC1. The van der Waals surface area contributed by atoms with Crippen LogP contribution < -0.4 is 5.32 Å². The molecule has 0 aromatic carbocycles. The summed E-state index contributed by atoms with van der Waals surface area (Å²) < 4.78 is 0. The molecule has 0 radical (unpaired) electrons. The summed E-state index contributed by atoms with van der Waals surface area (Å²) in [4.78, 5) is 2.74. The fraction of sp³-hybridized carbons (Fsp3) is 1.00. The van der Waals surface area contributed by atoms with Gasteiger partial charge in [0, 0.05) is 11.6 Å². The average molecular weight is 297 g/mol. The molecule has 1 rings (SSSR count). The van der Waals surface area contributed by atoms with Crippen molar-refractivity contribution < 1.29 is 0 Å². The van der Waals surface area contributed by atoms with Crippen LogP contribution in [0.4, 0.5) is 0 Å². The van der Waals surface area contributed by atoms with Gasteiger partial charge in [0.2, 0.25) is 0 Å². The molecule has 2 nitrogen and oxygen atoms in total. The van der Waals surface area contributed by atoms with Crippen molar-refractivity contribution in [2.75, 3.05) is 19.6 Å². The van der Waals surface area contributed by atoms with Gasteiger partial charge in [0.25, 0.3) is 0 Å². The second-order valence-electron chi connectivity index (χ2n) is 9.20. The summed E-state index contributed by atoms with van der Waals surface area (Å²) in [6.45, 7) is 20.2. The van der Waals surface area contributed by atoms with Crippen molar-refractivity contribution in [1.29, 1.82) is 0 Å². The number of hydrogen-bond acceptors (Lipinski definition) is 2. The van der Waals surface area contributed by atoms with Crippen LogP contribution in [0.1, 0.15) is 80.6 Å². The molecule has 1 N–H and O–H groups in total. The van der Waals surface area contributed by atoms with Crippen molar-refractivity contribution in [2.45, 2.75) is 92.2 Å². The second-order valence-corrected chi connectivity index (χ2v) is 9.20. The maximum atomic E-state index is 3.60. The van der Waals surface area contributed by atoms with E-state index in [2.05, 4.69) is 58.7 Å². The molecule has 1 fully saturated rings. The zero-order chi connectivity index (χ0) is 16.1. The van der Waals surface area contributed by atoms with Gasteiger partial charge in [0.15, 0.2) is 0 Å². The third kappa shape index (κ3) is 7.65. The van der Waals surface area contributed by atoms with E-state index in [9.17, 15) is 0 Å². The molecule has 0 spiro atoms. The van der Waals surface area contributed by atoms with Crippen molar-refractivity contribution in [1.82, 2.24) is 10.2 Å². The van der Waals surface area contributed by atoms with Gasteiger partial charge in [-0.15, -0.1) is 0 Å². The fourth-order valence-corrected chi connectivity index (χ4v) is 3.47. The largest absolute Gasteiger partial charge is 0.312 e. The van der Waals surface area contributed by atoms with Crippen LogP contribution in [0.5, 0.6) is 0 Å². The highest BCUT2D eigenvalue weighted by Gasteiger charge is 2.28. The quantitative estimate of drug-likeness (QED) is 0.740. The molecule has 0 aromatic rings. The molecule has 2 unspecified atom stereocenters. The lowest BCUT2D eigenvalue weighted by atomic mass is 9.77. The van der Waals surface area contributed by atoms with E-state index in [-0.39, 0.29) is 5.54 Å². The Morgan fingerprint density at radius 2 is 1.71 bits per heavy atom. The van der Waals surface area contributed by atoms with Gasteiger partial charge in [0.05, 0.1) is 0 Å². The summed E-state index contributed by atoms with van der Waals surface area (Å²) in [6.07, 6.45) is 6.79. The van der Waals surface area contributed by atoms with E-state index in [0.29, 0.717) is 5.41 Å². The summed E-state index contributed by atoms with van der Waals surface area (Å²) in [7, 11) is 0. The lowest BCUT2D eigenvalue weighted by molar-refractivity contribution is 0.182. The van der Waals surface area contributed by atoms with Gasteiger partial charge in [-0.3, -0.25) is 0 Å². The van der Waals surface area contributed by atoms with Crippen LogP contribution >= 0.6 is 0 Å². The van der Waals surface area contributed by atoms with Crippen molar-refractivity contribution in [3.05, 3.63) is 0 Å². The number of nitrogens with one attached hydrogen (secondary N) is 1. The normalized spacial score (nSPS) is 23.9. The molecule has 1 heterocycles. The number of likely N-dealkylation sites (tertiary alicyclic amines) is 1. The predicted octanol–water partition coefficient (Wildman–Crippen LogP) is 4.69. The minimum Gasteiger partial charge on any atom is -0.312 e. The second kappa shape index (κ2) is 7.97. The molecule has 21 heavy (non-hydrogen) atoms. The van der Waals surface area contributed by atoms with Crippen molar-refractivity contribution >= 4 is 0 Å². The summed E-state index contributed by atoms with van der Waals surface area (Å²) in [5.41, 5.74) is 0.738. The Balaban J connectivity index is 2.30. The summed E-state index contributed by atoms with van der Waals surface area (Å²) in [5.74, 6) is 0.900.